The summed E-state index contributed by atoms with van der Waals surface area (Å²) in [5.41, 5.74) is 0. The molecule has 0 radical (unpaired) electrons. The standard InChI is InChI=1S/FHS52/c1-37(2,3)39(7,8)41(11,12)43(15,16)45(19,20)47(23,24)49(27,28)51(31,32)53(35,36)52(33,34)50(29,30)48(25,26)46(21,22)44(17,18)42(13,14)40(9,10)38(4,5)6/h(H,4,5,6). The van der Waals surface area contributed by atoms with Gasteiger partial charge in [-0.3, -0.25) is 0 Å². The van der Waals surface area contributed by atoms with Crippen LogP contribution in [0.15, 0.2) is 0 Å². The molecule has 0 nitrogen and oxygen atoms in total. The maximum atomic E-state index is 15.2. The van der Waals surface area contributed by atoms with Gasteiger partial charge in [-0.15, -0.1) is 3.89 Å². The Morgan fingerprint density at radius 1 is 0.189 bits per heavy atom. The second-order valence-electron chi connectivity index (χ2n) is 6.94. The minimum atomic E-state index is -4.11. The molecule has 0 spiro atoms. The molecule has 320 valence electrons. The molecule has 0 aliphatic carbocycles. The van der Waals surface area contributed by atoms with Crippen LogP contribution in [0.5, 0.6) is 0 Å². The molecule has 0 aromatic rings. The van der Waals surface area contributed by atoms with Crippen LogP contribution in [0.25, 0.3) is 0 Å². The van der Waals surface area contributed by atoms with Crippen LogP contribution in [-0.2, 0) is 470 Å². The number of hydrogen-bond acceptors (Lipinski definition) is 34. The lowest BCUT2D eigenvalue weighted by molar-refractivity contribution is 0.944. The monoisotopic (exact) mass is 1680 g/mol. The average Bonchev–Trinajstić information content (AvgIpc) is 2.89. The van der Waals surface area contributed by atoms with E-state index in [0.29, 0.717) is 0 Å². The fourth-order valence-electron chi connectivity index (χ4n) is 1.53. The third-order valence-corrected chi connectivity index (χ3v) is 320. The first kappa shape index (κ1) is 66.7. The lowest BCUT2D eigenvalue weighted by atomic mass is 18.9. The Morgan fingerprint density at radius 3 is 0.377 bits per heavy atom. The second-order valence-corrected chi connectivity index (χ2v) is 184. The molecular formula is HFS52. The highest BCUT2D eigenvalue weighted by atomic mass is 34.5. The van der Waals surface area contributed by atoms with Crippen LogP contribution in [0.3, 0.4) is 0 Å². The molecule has 0 aliphatic heterocycles. The summed E-state index contributed by atoms with van der Waals surface area (Å²) >= 11 is 199. The first-order chi connectivity index (χ1) is 22.0. The number of hydrogen-bond donors (Lipinski definition) is 1. The second kappa shape index (κ2) is 20.6. The predicted octanol–water partition coefficient (Wildman–Crippen LogP) is 0.678. The maximum Gasteiger partial charge on any atom is 0.131 e. The molecule has 53 heteroatoms. The summed E-state index contributed by atoms with van der Waals surface area (Å²) in [4.78, 5) is 0. The van der Waals surface area contributed by atoms with Gasteiger partial charge in [-0.1, -0.05) is 11.7 Å². The van der Waals surface area contributed by atoms with Crippen LogP contribution in [0, 0.1) is 0 Å². The molecule has 0 fully saturated rings. The van der Waals surface area contributed by atoms with E-state index >= 15 is 3.89 Å². The zero-order valence-corrected chi connectivity index (χ0v) is 64.2. The Morgan fingerprint density at radius 2 is 0.283 bits per heavy atom. The lowest BCUT2D eigenvalue weighted by Crippen LogP contribution is -2.39. The molecule has 0 aliphatic rings. The van der Waals surface area contributed by atoms with E-state index in [9.17, 15) is 0 Å². The fourth-order valence-corrected chi connectivity index (χ4v) is 367. The van der Waals surface area contributed by atoms with Gasteiger partial charge in [0.1, 0.15) is 6.56 Å². The van der Waals surface area contributed by atoms with Crippen LogP contribution >= 0.6 is 11.7 Å². The third kappa shape index (κ3) is 10.7. The van der Waals surface area contributed by atoms with Crippen molar-refractivity contribution in [1.29, 1.82) is 0 Å². The van der Waals surface area contributed by atoms with Crippen LogP contribution in [-0.4, -0.2) is 0 Å². The Hall–Kier alpha value is 13.7. The molecule has 0 saturated heterocycles. The van der Waals surface area contributed by atoms with Gasteiger partial charge in [-0.25, -0.2) is 0 Å². The van der Waals surface area contributed by atoms with Gasteiger partial charge in [0.25, 0.3) is 0 Å². The third-order valence-electron chi connectivity index (χ3n) is 4.00. The topological polar surface area (TPSA) is 0 Å². The van der Waals surface area contributed by atoms with E-state index in [-0.39, 0.29) is 0 Å². The smallest absolute Gasteiger partial charge is 0.131 e. The molecule has 0 bridgehead atoms. The fraction of sp³-hybridized carbons (Fsp3) is 0. The molecule has 0 aromatic heterocycles. The summed E-state index contributed by atoms with van der Waals surface area (Å²) in [6.45, 7) is -4.11. The summed E-state index contributed by atoms with van der Waals surface area (Å²) in [6, 6.07) is 0. The number of halogens is 1. The summed E-state index contributed by atoms with van der Waals surface area (Å²) in [5, 5.41) is -58.5. The molecule has 0 aromatic carbocycles. The number of thiol groups is 1. The summed E-state index contributed by atoms with van der Waals surface area (Å²) in [6.07, 6.45) is 0. The molecule has 0 rings (SSSR count). The zero-order valence-electron chi connectivity index (χ0n) is 21.6. The van der Waals surface area contributed by atoms with Crippen molar-refractivity contribution in [3.8, 4) is 0 Å². The van der Waals surface area contributed by atoms with Crippen molar-refractivity contribution < 1.29 is 3.89 Å². The van der Waals surface area contributed by atoms with Crippen molar-refractivity contribution in [3.63, 3.8) is 0 Å². The highest BCUT2D eigenvalue weighted by Gasteiger charge is 2.46. The van der Waals surface area contributed by atoms with Crippen molar-refractivity contribution in [1.82, 2.24) is 0 Å². The molecule has 0 N–H and O–H groups in total. The van der Waals surface area contributed by atoms with E-state index in [1.54, 1.807) is 0 Å². The largest absolute Gasteiger partial charge is 0.147 e. The van der Waals surface area contributed by atoms with E-state index in [1.165, 1.54) is 0 Å². The van der Waals surface area contributed by atoms with Gasteiger partial charge < -0.3 is 0 Å². The Kier molecular flexibility index (Phi) is 25.9. The average molecular weight is 1690 g/mol. The van der Waals surface area contributed by atoms with Crippen LogP contribution in [0.4, 0.5) is 3.89 Å². The first-order valence-electron chi connectivity index (χ1n) is 8.67. The van der Waals surface area contributed by atoms with Crippen molar-refractivity contribution in [2.75, 3.05) is 0 Å². The predicted molar refractivity (Wildman–Crippen MR) is 386 cm³/mol. The SMILES string of the molecule is FS(=S)(=S)S(=S)(=S)S(=S)(=S)S(=S)(=S)S(=S)(=S)S(=S)(=S)S(=S)(=S)S(=S)(=S)S(=S)(=S)S(=S)(=S)S(=S)(=S)S(=S)(=S)S(=S)(=S)S(=S)(=S)S(=S)(=S)S(=S)(=S)S(=S)(=S)S. The van der Waals surface area contributed by atoms with Crippen molar-refractivity contribution in [3.05, 3.63) is 0 Å². The first-order valence-corrected chi connectivity index (χ1v) is 77.1. The van der Waals surface area contributed by atoms with E-state index in [0.717, 1.165) is 0 Å². The zero-order chi connectivity index (χ0) is 44.5. The Labute approximate surface area is 472 Å². The van der Waals surface area contributed by atoms with Crippen LogP contribution in [0.2, 0.25) is 0 Å². The van der Waals surface area contributed by atoms with Gasteiger partial charge in [-0.2, -0.15) is 0 Å². The minimum Gasteiger partial charge on any atom is -0.147 e. The quantitative estimate of drug-likeness (QED) is 0.131. The van der Waals surface area contributed by atoms with Gasteiger partial charge >= 0.3 is 0 Å². The van der Waals surface area contributed by atoms with Gasteiger partial charge in [0.05, 0.1) is 5.21 Å². The molecule has 0 atom stereocenters. The summed E-state index contributed by atoms with van der Waals surface area (Å²) in [5.74, 6) is 0. The lowest BCUT2D eigenvalue weighted by Gasteiger charge is -2.36. The highest BCUT2D eigenvalue weighted by Crippen LogP contribution is 2.42. The number of rotatable bonds is 16. The molecule has 0 saturated carbocycles. The van der Waals surface area contributed by atoms with Crippen LogP contribution < -0.4 is 0 Å². The van der Waals surface area contributed by atoms with Gasteiger partial charge in [0, 0.05) is 78.2 Å². The maximum absolute atomic E-state index is 15.2. The van der Waals surface area contributed by atoms with Gasteiger partial charge in [0.2, 0.25) is 0 Å². The molecule has 0 heterocycles. The van der Waals surface area contributed by atoms with Crippen molar-refractivity contribution in [2.24, 2.45) is 0 Å². The molecule has 0 amide bonds. The molecule has 0 unspecified atom stereocenters. The summed E-state index contributed by atoms with van der Waals surface area (Å²) in [7, 11) is 0. The van der Waals surface area contributed by atoms with Crippen LogP contribution in [0.1, 0.15) is 0 Å². The van der Waals surface area contributed by atoms with E-state index in [2.05, 4.69) is 11.7 Å². The molecular weight excluding hydrogens is 1690 g/mol. The minimum absolute atomic E-state index is 2.93. The normalized spacial score (nSPS) is 16.8. The Bertz CT molecular complexity index is 3390. The Balaban J connectivity index is 8.39. The molecule has 53 heavy (non-hydrogen) atoms. The highest BCUT2D eigenvalue weighted by molar-refractivity contribution is 9.79. The van der Waals surface area contributed by atoms with Gasteiger partial charge in [0.15, 0.2) is 0 Å². The van der Waals surface area contributed by atoms with Crippen molar-refractivity contribution in [2.45, 2.75) is 0 Å². The van der Waals surface area contributed by atoms with Crippen molar-refractivity contribution >= 4 is 482 Å². The van der Waals surface area contributed by atoms with E-state index in [1.807, 2.05) is 0 Å². The van der Waals surface area contributed by atoms with E-state index < -0.39 is 89.9 Å². The summed E-state index contributed by atoms with van der Waals surface area (Å²) < 4.78 is 15.2. The van der Waals surface area contributed by atoms with E-state index in [4.69, 9.17) is 380 Å². The van der Waals surface area contributed by atoms with Gasteiger partial charge in [-0.05, 0) is 380 Å².